The molecule has 1 aromatic carbocycles. The minimum absolute atomic E-state index is 0.506. The van der Waals surface area contributed by atoms with Crippen LogP contribution in [0.5, 0.6) is 0 Å². The standard InChI is InChI=1S/C19H25N2/c1-5-20(4)19-10-8-17(9-11-19)6-7-18-12-14-21(15-13-18)16(2)3/h6-16H,5H2,1-4H3/q+1. The minimum Gasteiger partial charge on any atom is -0.375 e. The Kier molecular flexibility index (Phi) is 5.15. The highest BCUT2D eigenvalue weighted by molar-refractivity contribution is 5.70. The molecule has 0 radical (unpaired) electrons. The van der Waals surface area contributed by atoms with Gasteiger partial charge in [0.05, 0.1) is 0 Å². The van der Waals surface area contributed by atoms with Crippen molar-refractivity contribution in [2.75, 3.05) is 18.5 Å². The lowest BCUT2D eigenvalue weighted by Gasteiger charge is -2.16. The maximum absolute atomic E-state index is 2.23. The maximum atomic E-state index is 2.23. The van der Waals surface area contributed by atoms with Crippen LogP contribution in [0.25, 0.3) is 12.2 Å². The Morgan fingerprint density at radius 3 is 1.95 bits per heavy atom. The molecule has 21 heavy (non-hydrogen) atoms. The van der Waals surface area contributed by atoms with Gasteiger partial charge in [-0.05, 0) is 44.0 Å². The summed E-state index contributed by atoms with van der Waals surface area (Å²) in [6.07, 6.45) is 8.57. The van der Waals surface area contributed by atoms with Crippen LogP contribution in [0.1, 0.15) is 37.9 Å². The van der Waals surface area contributed by atoms with Gasteiger partial charge in [-0.1, -0.05) is 24.3 Å². The SMILES string of the molecule is CCN(C)c1ccc(/C=C/c2cc[n+](C(C)C)cc2)cc1. The quantitative estimate of drug-likeness (QED) is 0.746. The van der Waals surface area contributed by atoms with E-state index in [1.165, 1.54) is 16.8 Å². The predicted octanol–water partition coefficient (Wildman–Crippen LogP) is 4.18. The molecule has 1 aromatic heterocycles. The molecule has 0 N–H and O–H groups in total. The second-order valence-corrected chi connectivity index (χ2v) is 5.61. The van der Waals surface area contributed by atoms with Crippen molar-refractivity contribution in [2.45, 2.75) is 26.8 Å². The van der Waals surface area contributed by atoms with E-state index in [1.807, 2.05) is 0 Å². The predicted molar refractivity (Wildman–Crippen MR) is 91.3 cm³/mol. The molecule has 2 heteroatoms. The number of hydrogen-bond donors (Lipinski definition) is 0. The summed E-state index contributed by atoms with van der Waals surface area (Å²) in [6, 6.07) is 13.5. The van der Waals surface area contributed by atoms with Gasteiger partial charge in [0.1, 0.15) is 0 Å². The summed E-state index contributed by atoms with van der Waals surface area (Å²) >= 11 is 0. The van der Waals surface area contributed by atoms with Gasteiger partial charge in [0.15, 0.2) is 18.4 Å². The molecule has 110 valence electrons. The van der Waals surface area contributed by atoms with Gasteiger partial charge in [-0.25, -0.2) is 4.57 Å². The van der Waals surface area contributed by atoms with Gasteiger partial charge in [-0.2, -0.15) is 0 Å². The van der Waals surface area contributed by atoms with Gasteiger partial charge in [-0.15, -0.1) is 0 Å². The minimum atomic E-state index is 0.506. The summed E-state index contributed by atoms with van der Waals surface area (Å²) in [5.41, 5.74) is 3.71. The Balaban J connectivity index is 2.06. The van der Waals surface area contributed by atoms with Crippen LogP contribution >= 0.6 is 0 Å². The Labute approximate surface area is 128 Å². The average Bonchev–Trinajstić information content (AvgIpc) is 2.53. The second kappa shape index (κ2) is 7.07. The molecule has 2 aromatic rings. The molecular formula is C19H25N2+. The summed E-state index contributed by atoms with van der Waals surface area (Å²) in [5, 5.41) is 0. The van der Waals surface area contributed by atoms with E-state index in [4.69, 9.17) is 0 Å². The molecule has 0 aliphatic heterocycles. The third kappa shape index (κ3) is 4.19. The van der Waals surface area contributed by atoms with Crippen molar-refractivity contribution < 1.29 is 4.57 Å². The number of anilines is 1. The number of hydrogen-bond acceptors (Lipinski definition) is 1. The van der Waals surface area contributed by atoms with Crippen LogP contribution in [0.3, 0.4) is 0 Å². The monoisotopic (exact) mass is 281 g/mol. The van der Waals surface area contributed by atoms with Crippen molar-refractivity contribution in [1.29, 1.82) is 0 Å². The normalized spacial score (nSPS) is 11.3. The first kappa shape index (κ1) is 15.3. The van der Waals surface area contributed by atoms with Crippen LogP contribution < -0.4 is 9.47 Å². The first-order chi connectivity index (χ1) is 10.1. The maximum Gasteiger partial charge on any atom is 0.169 e. The van der Waals surface area contributed by atoms with Crippen LogP contribution in [0.15, 0.2) is 48.8 Å². The van der Waals surface area contributed by atoms with Gasteiger partial charge in [-0.3, -0.25) is 0 Å². The molecule has 1 heterocycles. The van der Waals surface area contributed by atoms with E-state index in [0.29, 0.717) is 6.04 Å². The largest absolute Gasteiger partial charge is 0.375 e. The summed E-state index contributed by atoms with van der Waals surface area (Å²) in [6.45, 7) is 7.55. The average molecular weight is 281 g/mol. The highest BCUT2D eigenvalue weighted by Gasteiger charge is 2.03. The lowest BCUT2D eigenvalue weighted by atomic mass is 10.1. The zero-order chi connectivity index (χ0) is 15.2. The number of benzene rings is 1. The van der Waals surface area contributed by atoms with E-state index in [-0.39, 0.29) is 0 Å². The van der Waals surface area contributed by atoms with Gasteiger partial charge in [0, 0.05) is 31.4 Å². The third-order valence-electron chi connectivity index (χ3n) is 3.75. The number of rotatable bonds is 5. The summed E-state index contributed by atoms with van der Waals surface area (Å²) in [5.74, 6) is 0. The van der Waals surface area contributed by atoms with Gasteiger partial charge in [0.25, 0.3) is 0 Å². The van der Waals surface area contributed by atoms with E-state index in [1.54, 1.807) is 0 Å². The van der Waals surface area contributed by atoms with E-state index < -0.39 is 0 Å². The zero-order valence-electron chi connectivity index (χ0n) is 13.5. The highest BCUT2D eigenvalue weighted by Crippen LogP contribution is 2.15. The molecule has 0 aliphatic rings. The zero-order valence-corrected chi connectivity index (χ0v) is 13.5. The number of nitrogens with zero attached hydrogens (tertiary/aromatic N) is 2. The smallest absolute Gasteiger partial charge is 0.169 e. The van der Waals surface area contributed by atoms with Crippen molar-refractivity contribution in [2.24, 2.45) is 0 Å². The Bertz CT molecular complexity index is 580. The Morgan fingerprint density at radius 1 is 0.952 bits per heavy atom. The molecule has 0 amide bonds. The molecule has 2 rings (SSSR count). The van der Waals surface area contributed by atoms with Crippen LogP contribution in [0, 0.1) is 0 Å². The van der Waals surface area contributed by atoms with Crippen LogP contribution in [0.2, 0.25) is 0 Å². The lowest BCUT2D eigenvalue weighted by Crippen LogP contribution is -2.34. The molecule has 0 unspecified atom stereocenters. The lowest BCUT2D eigenvalue weighted by molar-refractivity contribution is -0.716. The van der Waals surface area contributed by atoms with Crippen molar-refractivity contribution in [3.63, 3.8) is 0 Å². The molecular weight excluding hydrogens is 256 g/mol. The molecule has 0 saturated carbocycles. The van der Waals surface area contributed by atoms with E-state index >= 15 is 0 Å². The molecule has 0 aliphatic carbocycles. The van der Waals surface area contributed by atoms with Gasteiger partial charge >= 0.3 is 0 Å². The topological polar surface area (TPSA) is 7.12 Å². The van der Waals surface area contributed by atoms with Crippen LogP contribution in [-0.4, -0.2) is 13.6 Å². The molecule has 2 nitrogen and oxygen atoms in total. The third-order valence-corrected chi connectivity index (χ3v) is 3.75. The van der Waals surface area contributed by atoms with Gasteiger partial charge in [0.2, 0.25) is 0 Å². The van der Waals surface area contributed by atoms with Crippen molar-refractivity contribution in [1.82, 2.24) is 0 Å². The first-order valence-electron chi connectivity index (χ1n) is 7.60. The van der Waals surface area contributed by atoms with Crippen LogP contribution in [-0.2, 0) is 0 Å². The highest BCUT2D eigenvalue weighted by atomic mass is 15.1. The Hall–Kier alpha value is -2.09. The molecule has 0 spiro atoms. The molecule has 0 atom stereocenters. The fourth-order valence-corrected chi connectivity index (χ4v) is 2.12. The summed E-state index contributed by atoms with van der Waals surface area (Å²) in [4.78, 5) is 2.23. The number of pyridine rings is 1. The summed E-state index contributed by atoms with van der Waals surface area (Å²) in [7, 11) is 2.11. The second-order valence-electron chi connectivity index (χ2n) is 5.61. The fourth-order valence-electron chi connectivity index (χ4n) is 2.12. The van der Waals surface area contributed by atoms with E-state index in [0.717, 1.165) is 6.54 Å². The Morgan fingerprint density at radius 2 is 1.48 bits per heavy atom. The van der Waals surface area contributed by atoms with Crippen molar-refractivity contribution in [3.05, 3.63) is 59.9 Å². The fraction of sp³-hybridized carbons (Fsp3) is 0.316. The van der Waals surface area contributed by atoms with E-state index in [2.05, 4.69) is 98.2 Å². The summed E-state index contributed by atoms with van der Waals surface area (Å²) < 4.78 is 2.20. The molecule has 0 bridgehead atoms. The molecule has 0 saturated heterocycles. The molecule has 0 fully saturated rings. The number of aromatic nitrogens is 1. The van der Waals surface area contributed by atoms with Gasteiger partial charge < -0.3 is 4.90 Å². The van der Waals surface area contributed by atoms with Crippen molar-refractivity contribution in [3.8, 4) is 0 Å². The first-order valence-corrected chi connectivity index (χ1v) is 7.60. The van der Waals surface area contributed by atoms with Crippen LogP contribution in [0.4, 0.5) is 5.69 Å². The van der Waals surface area contributed by atoms with Crippen molar-refractivity contribution >= 4 is 17.8 Å². The van der Waals surface area contributed by atoms with E-state index in [9.17, 15) is 0 Å².